The Hall–Kier alpha value is -4.19. The molecule has 1 unspecified atom stereocenters. The van der Waals surface area contributed by atoms with Crippen molar-refractivity contribution < 1.29 is 19.5 Å². The monoisotopic (exact) mass is 424 g/mol. The molecule has 1 aliphatic rings. The third-order valence-electron chi connectivity index (χ3n) is 5.90. The first kappa shape index (κ1) is 19.8. The van der Waals surface area contributed by atoms with Gasteiger partial charge < -0.3 is 9.67 Å². The molecule has 4 aromatic rings. The number of amides is 2. The van der Waals surface area contributed by atoms with Crippen LogP contribution in [0.3, 0.4) is 0 Å². The lowest BCUT2D eigenvalue weighted by Gasteiger charge is -2.22. The number of nitrogens with zero attached hydrogens (tertiary/aromatic N) is 2. The summed E-state index contributed by atoms with van der Waals surface area (Å²) in [6, 6.07) is 22.9. The number of aliphatic carboxylic acids is 1. The van der Waals surface area contributed by atoms with Crippen molar-refractivity contribution in [1.82, 2.24) is 9.47 Å². The molecule has 0 saturated carbocycles. The second-order valence-corrected chi connectivity index (χ2v) is 7.87. The molecule has 0 radical (unpaired) electrons. The Bertz CT molecular complexity index is 1320. The third kappa shape index (κ3) is 3.26. The number of hydrogen-bond donors (Lipinski definition) is 1. The van der Waals surface area contributed by atoms with Crippen LogP contribution in [-0.2, 0) is 17.8 Å². The van der Waals surface area contributed by atoms with Crippen molar-refractivity contribution >= 4 is 28.7 Å². The van der Waals surface area contributed by atoms with Gasteiger partial charge in [-0.05, 0) is 29.3 Å². The molecule has 1 aliphatic heterocycles. The van der Waals surface area contributed by atoms with Gasteiger partial charge in [0.25, 0.3) is 11.8 Å². The Morgan fingerprint density at radius 2 is 1.41 bits per heavy atom. The van der Waals surface area contributed by atoms with E-state index in [-0.39, 0.29) is 17.5 Å². The first-order valence-corrected chi connectivity index (χ1v) is 10.3. The van der Waals surface area contributed by atoms with Crippen molar-refractivity contribution in [3.63, 3.8) is 0 Å². The Morgan fingerprint density at radius 3 is 2.06 bits per heavy atom. The molecule has 3 aromatic carbocycles. The highest BCUT2D eigenvalue weighted by Crippen LogP contribution is 2.29. The maximum absolute atomic E-state index is 12.9. The zero-order valence-electron chi connectivity index (χ0n) is 17.1. The van der Waals surface area contributed by atoms with Crippen LogP contribution in [-0.4, -0.2) is 38.4 Å². The van der Waals surface area contributed by atoms with E-state index in [9.17, 15) is 19.5 Å². The first-order chi connectivity index (χ1) is 15.5. The predicted octanol–water partition coefficient (Wildman–Crippen LogP) is 3.98. The number of carbonyl (C=O) groups excluding carboxylic acids is 2. The van der Waals surface area contributed by atoms with Gasteiger partial charge in [0, 0.05) is 30.1 Å². The van der Waals surface area contributed by atoms with Gasteiger partial charge in [0.1, 0.15) is 6.04 Å². The summed E-state index contributed by atoms with van der Waals surface area (Å²) in [6.07, 6.45) is 1.95. The molecule has 1 atom stereocenters. The number of imide groups is 1. The summed E-state index contributed by atoms with van der Waals surface area (Å²) in [4.78, 5) is 38.9. The Balaban J connectivity index is 1.52. The van der Waals surface area contributed by atoms with Gasteiger partial charge in [-0.25, -0.2) is 4.79 Å². The number of carboxylic acids is 1. The van der Waals surface area contributed by atoms with Crippen molar-refractivity contribution in [3.05, 3.63) is 107 Å². The van der Waals surface area contributed by atoms with Gasteiger partial charge in [-0.15, -0.1) is 0 Å². The topological polar surface area (TPSA) is 79.6 Å². The predicted molar refractivity (Wildman–Crippen MR) is 120 cm³/mol. The van der Waals surface area contributed by atoms with Crippen molar-refractivity contribution in [3.8, 4) is 0 Å². The quantitative estimate of drug-likeness (QED) is 0.475. The van der Waals surface area contributed by atoms with E-state index in [1.54, 1.807) is 24.3 Å². The molecule has 6 heteroatoms. The van der Waals surface area contributed by atoms with E-state index in [1.807, 2.05) is 60.8 Å². The highest BCUT2D eigenvalue weighted by atomic mass is 16.4. The molecule has 1 aromatic heterocycles. The van der Waals surface area contributed by atoms with E-state index in [1.165, 1.54) is 0 Å². The number of rotatable bonds is 6. The normalized spacial score (nSPS) is 14.1. The molecule has 0 fully saturated rings. The summed E-state index contributed by atoms with van der Waals surface area (Å²) in [5.41, 5.74) is 3.36. The number of aromatic nitrogens is 1. The average molecular weight is 424 g/mol. The molecule has 1 N–H and O–H groups in total. The van der Waals surface area contributed by atoms with Crippen LogP contribution in [0.25, 0.3) is 10.9 Å². The largest absolute Gasteiger partial charge is 0.480 e. The SMILES string of the molecule is O=C(O)C(Cc1cn(Cc2ccccc2)c2ccccc12)N1C(=O)c2ccccc2C1=O. The van der Waals surface area contributed by atoms with E-state index in [4.69, 9.17) is 0 Å². The number of benzene rings is 3. The van der Waals surface area contributed by atoms with Gasteiger partial charge in [-0.2, -0.15) is 0 Å². The summed E-state index contributed by atoms with van der Waals surface area (Å²) in [5.74, 6) is -2.34. The summed E-state index contributed by atoms with van der Waals surface area (Å²) in [5, 5.41) is 10.9. The molecule has 0 bridgehead atoms. The number of carboxylic acid groups (broad SMARTS) is 1. The van der Waals surface area contributed by atoms with Gasteiger partial charge in [-0.3, -0.25) is 14.5 Å². The molecular weight excluding hydrogens is 404 g/mol. The molecule has 32 heavy (non-hydrogen) atoms. The number of fused-ring (bicyclic) bond motifs is 2. The maximum Gasteiger partial charge on any atom is 0.327 e. The van der Waals surface area contributed by atoms with E-state index in [2.05, 4.69) is 4.57 Å². The second kappa shape index (κ2) is 7.81. The third-order valence-corrected chi connectivity index (χ3v) is 5.90. The van der Waals surface area contributed by atoms with Gasteiger partial charge in [0.15, 0.2) is 0 Å². The fourth-order valence-corrected chi connectivity index (χ4v) is 4.38. The van der Waals surface area contributed by atoms with Crippen LogP contribution in [0.2, 0.25) is 0 Å². The van der Waals surface area contributed by atoms with Crippen molar-refractivity contribution in [2.24, 2.45) is 0 Å². The minimum absolute atomic E-state index is 0.0309. The van der Waals surface area contributed by atoms with Crippen LogP contribution < -0.4 is 0 Å². The summed E-state index contributed by atoms with van der Waals surface area (Å²) >= 11 is 0. The summed E-state index contributed by atoms with van der Waals surface area (Å²) in [7, 11) is 0. The molecule has 0 aliphatic carbocycles. The average Bonchev–Trinajstić information content (AvgIpc) is 3.28. The van der Waals surface area contributed by atoms with Crippen LogP contribution >= 0.6 is 0 Å². The highest BCUT2D eigenvalue weighted by Gasteiger charge is 2.43. The minimum Gasteiger partial charge on any atom is -0.480 e. The van der Waals surface area contributed by atoms with E-state index in [0.717, 1.165) is 26.9 Å². The standard InChI is InChI=1S/C26H20N2O4/c29-24-20-11-4-5-12-21(20)25(30)28(24)23(26(31)32)14-18-16-27(15-17-8-2-1-3-9-17)22-13-7-6-10-19(18)22/h1-13,16,23H,14-15H2,(H,31,32). The van der Waals surface area contributed by atoms with Crippen LogP contribution in [0.4, 0.5) is 0 Å². The van der Waals surface area contributed by atoms with Crippen LogP contribution in [0, 0.1) is 0 Å². The molecule has 2 amide bonds. The molecular formula is C26H20N2O4. The zero-order valence-corrected chi connectivity index (χ0v) is 17.1. The number of carbonyl (C=O) groups is 3. The van der Waals surface area contributed by atoms with Crippen LogP contribution in [0.15, 0.2) is 85.1 Å². The molecule has 6 nitrogen and oxygen atoms in total. The van der Waals surface area contributed by atoms with Crippen LogP contribution in [0.5, 0.6) is 0 Å². The van der Waals surface area contributed by atoms with Crippen molar-refractivity contribution in [1.29, 1.82) is 0 Å². The van der Waals surface area contributed by atoms with E-state index in [0.29, 0.717) is 6.54 Å². The first-order valence-electron chi connectivity index (χ1n) is 10.3. The summed E-state index contributed by atoms with van der Waals surface area (Å²) in [6.45, 7) is 0.631. The van der Waals surface area contributed by atoms with E-state index >= 15 is 0 Å². The van der Waals surface area contributed by atoms with E-state index < -0.39 is 23.8 Å². The second-order valence-electron chi connectivity index (χ2n) is 7.87. The maximum atomic E-state index is 12.9. The lowest BCUT2D eigenvalue weighted by atomic mass is 10.0. The Morgan fingerprint density at radius 1 is 0.812 bits per heavy atom. The van der Waals surface area contributed by atoms with Crippen LogP contribution in [0.1, 0.15) is 31.8 Å². The van der Waals surface area contributed by atoms with Gasteiger partial charge in [0.2, 0.25) is 0 Å². The molecule has 0 spiro atoms. The fraction of sp³-hybridized carbons (Fsp3) is 0.115. The van der Waals surface area contributed by atoms with Gasteiger partial charge in [-0.1, -0.05) is 60.7 Å². The highest BCUT2D eigenvalue weighted by molar-refractivity contribution is 6.22. The number of hydrogen-bond acceptors (Lipinski definition) is 3. The summed E-state index contributed by atoms with van der Waals surface area (Å²) < 4.78 is 2.07. The molecule has 5 rings (SSSR count). The lowest BCUT2D eigenvalue weighted by Crippen LogP contribution is -2.46. The minimum atomic E-state index is -1.29. The Labute approximate surface area is 184 Å². The number of para-hydroxylation sites is 1. The zero-order chi connectivity index (χ0) is 22.2. The Kier molecular flexibility index (Phi) is 4.82. The van der Waals surface area contributed by atoms with Crippen molar-refractivity contribution in [2.75, 3.05) is 0 Å². The molecule has 0 saturated heterocycles. The smallest absolute Gasteiger partial charge is 0.327 e. The van der Waals surface area contributed by atoms with Gasteiger partial charge >= 0.3 is 5.97 Å². The molecule has 2 heterocycles. The van der Waals surface area contributed by atoms with Crippen molar-refractivity contribution in [2.45, 2.75) is 19.0 Å². The fourth-order valence-electron chi connectivity index (χ4n) is 4.38. The molecule has 158 valence electrons. The van der Waals surface area contributed by atoms with Gasteiger partial charge in [0.05, 0.1) is 11.1 Å². The lowest BCUT2D eigenvalue weighted by molar-refractivity contribution is -0.141.